The van der Waals surface area contributed by atoms with Crippen molar-refractivity contribution in [2.24, 2.45) is 4.99 Å². The van der Waals surface area contributed by atoms with Crippen molar-refractivity contribution in [3.8, 4) is 11.5 Å². The first-order chi connectivity index (χ1) is 14.7. The summed E-state index contributed by atoms with van der Waals surface area (Å²) in [6.07, 6.45) is 7.21. The molecule has 1 aromatic carbocycles. The van der Waals surface area contributed by atoms with E-state index in [0.29, 0.717) is 12.4 Å². The Kier molecular flexibility index (Phi) is 6.41. The van der Waals surface area contributed by atoms with Crippen molar-refractivity contribution in [2.45, 2.75) is 52.1 Å². The van der Waals surface area contributed by atoms with E-state index in [4.69, 9.17) is 4.42 Å². The van der Waals surface area contributed by atoms with Crippen molar-refractivity contribution in [3.63, 3.8) is 0 Å². The maximum Gasteiger partial charge on any atom is 0.226 e. The van der Waals surface area contributed by atoms with Crippen LogP contribution in [0.3, 0.4) is 0 Å². The molecule has 0 aliphatic carbocycles. The lowest BCUT2D eigenvalue weighted by atomic mass is 10.1. The summed E-state index contributed by atoms with van der Waals surface area (Å²) < 4.78 is 7.90. The van der Waals surface area contributed by atoms with Gasteiger partial charge in [0.25, 0.3) is 0 Å². The summed E-state index contributed by atoms with van der Waals surface area (Å²) in [6, 6.07) is 8.14. The van der Waals surface area contributed by atoms with Crippen LogP contribution in [0.25, 0.3) is 11.5 Å². The fourth-order valence-corrected chi connectivity index (χ4v) is 3.63. The van der Waals surface area contributed by atoms with Crippen molar-refractivity contribution in [1.82, 2.24) is 30.4 Å². The fraction of sp³-hybridized carbons (Fsp3) is 0.455. The fourth-order valence-electron chi connectivity index (χ4n) is 3.63. The minimum atomic E-state index is 0.537. The second-order valence-electron chi connectivity index (χ2n) is 7.61. The molecule has 158 valence electrons. The summed E-state index contributed by atoms with van der Waals surface area (Å²) in [7, 11) is 1.76. The minimum Gasteiger partial charge on any atom is -0.444 e. The van der Waals surface area contributed by atoms with E-state index < -0.39 is 0 Å². The lowest BCUT2D eigenvalue weighted by Gasteiger charge is -2.11. The van der Waals surface area contributed by atoms with Gasteiger partial charge in [-0.3, -0.25) is 4.99 Å². The van der Waals surface area contributed by atoms with Gasteiger partial charge in [-0.05, 0) is 31.9 Å². The molecule has 0 amide bonds. The number of hydrogen-bond donors (Lipinski definition) is 2. The van der Waals surface area contributed by atoms with E-state index in [1.807, 2.05) is 12.1 Å². The number of rotatable bonds is 6. The van der Waals surface area contributed by atoms with Crippen LogP contribution in [0, 0.1) is 6.92 Å². The first kappa shape index (κ1) is 20.1. The monoisotopic (exact) mass is 407 g/mol. The van der Waals surface area contributed by atoms with E-state index in [9.17, 15) is 0 Å². The van der Waals surface area contributed by atoms with Gasteiger partial charge in [-0.25, -0.2) is 4.98 Å². The van der Waals surface area contributed by atoms with Crippen LogP contribution in [0.1, 0.15) is 42.2 Å². The van der Waals surface area contributed by atoms with Crippen molar-refractivity contribution in [2.75, 3.05) is 13.6 Å². The van der Waals surface area contributed by atoms with Gasteiger partial charge >= 0.3 is 0 Å². The topological polar surface area (TPSA) is 93.2 Å². The summed E-state index contributed by atoms with van der Waals surface area (Å²) in [5, 5.41) is 15.4. The van der Waals surface area contributed by atoms with Crippen LogP contribution in [0.4, 0.5) is 0 Å². The predicted octanol–water partition coefficient (Wildman–Crippen LogP) is 2.88. The Balaban J connectivity index is 1.27. The molecule has 3 aromatic rings. The van der Waals surface area contributed by atoms with Crippen LogP contribution in [-0.2, 0) is 25.9 Å². The van der Waals surface area contributed by atoms with Crippen LogP contribution in [0.15, 0.2) is 39.9 Å². The zero-order valence-electron chi connectivity index (χ0n) is 17.7. The molecule has 1 aliphatic heterocycles. The Morgan fingerprint density at radius 3 is 2.83 bits per heavy atom. The van der Waals surface area contributed by atoms with Crippen LogP contribution in [-0.4, -0.2) is 39.3 Å². The van der Waals surface area contributed by atoms with Gasteiger partial charge in [0.1, 0.15) is 17.9 Å². The Morgan fingerprint density at radius 2 is 2.00 bits per heavy atom. The normalized spacial score (nSPS) is 14.3. The average molecular weight is 408 g/mol. The molecule has 2 N–H and O–H groups in total. The molecular formula is C22H29N7O. The van der Waals surface area contributed by atoms with Crippen LogP contribution < -0.4 is 10.6 Å². The summed E-state index contributed by atoms with van der Waals surface area (Å²) >= 11 is 0. The molecule has 4 rings (SSSR count). The maximum absolute atomic E-state index is 5.62. The predicted molar refractivity (Wildman–Crippen MR) is 116 cm³/mol. The largest absolute Gasteiger partial charge is 0.444 e. The Bertz CT molecular complexity index is 987. The van der Waals surface area contributed by atoms with E-state index in [2.05, 4.69) is 54.4 Å². The first-order valence-electron chi connectivity index (χ1n) is 10.6. The smallest absolute Gasteiger partial charge is 0.226 e. The van der Waals surface area contributed by atoms with Gasteiger partial charge in [-0.1, -0.05) is 24.1 Å². The maximum atomic E-state index is 5.62. The minimum absolute atomic E-state index is 0.537. The van der Waals surface area contributed by atoms with E-state index in [-0.39, 0.29) is 0 Å². The number of aliphatic imine (C=N–C) groups is 1. The molecule has 0 atom stereocenters. The van der Waals surface area contributed by atoms with E-state index in [1.165, 1.54) is 24.8 Å². The number of guanidine groups is 1. The zero-order valence-corrected chi connectivity index (χ0v) is 17.7. The molecule has 0 saturated carbocycles. The molecule has 0 radical (unpaired) electrons. The van der Waals surface area contributed by atoms with Crippen molar-refractivity contribution >= 4 is 5.96 Å². The second-order valence-corrected chi connectivity index (χ2v) is 7.61. The van der Waals surface area contributed by atoms with Gasteiger partial charge < -0.3 is 19.6 Å². The Hall–Kier alpha value is -3.16. The van der Waals surface area contributed by atoms with Gasteiger partial charge in [0.05, 0.1) is 12.2 Å². The highest BCUT2D eigenvalue weighted by Gasteiger charge is 2.14. The molecule has 3 heterocycles. The lowest BCUT2D eigenvalue weighted by molar-refractivity contribution is 0.572. The number of nitrogens with zero attached hydrogens (tertiary/aromatic N) is 5. The molecule has 8 heteroatoms. The standard InChI is InChI=1S/C22H29N7O/c1-16-7-9-17(10-8-16)21-26-18(15-30-21)14-25-22(23-2)24-12-11-20-28-27-19-6-4-3-5-13-29(19)20/h7-10,15H,3-6,11-14H2,1-2H3,(H2,23,24,25). The lowest BCUT2D eigenvalue weighted by Crippen LogP contribution is -2.38. The third-order valence-electron chi connectivity index (χ3n) is 5.34. The summed E-state index contributed by atoms with van der Waals surface area (Å²) in [4.78, 5) is 8.85. The Morgan fingerprint density at radius 1 is 1.13 bits per heavy atom. The summed E-state index contributed by atoms with van der Waals surface area (Å²) in [5.41, 5.74) is 3.02. The first-order valence-corrected chi connectivity index (χ1v) is 10.6. The van der Waals surface area contributed by atoms with Crippen LogP contribution >= 0.6 is 0 Å². The number of benzene rings is 1. The highest BCUT2D eigenvalue weighted by atomic mass is 16.3. The molecule has 8 nitrogen and oxygen atoms in total. The van der Waals surface area contributed by atoms with Crippen LogP contribution in [0.2, 0.25) is 0 Å². The molecule has 0 saturated heterocycles. The van der Waals surface area contributed by atoms with Gasteiger partial charge in [-0.15, -0.1) is 10.2 Å². The molecule has 30 heavy (non-hydrogen) atoms. The van der Waals surface area contributed by atoms with Crippen LogP contribution in [0.5, 0.6) is 0 Å². The van der Waals surface area contributed by atoms with Gasteiger partial charge in [0.15, 0.2) is 5.96 Å². The molecule has 1 aliphatic rings. The van der Waals surface area contributed by atoms with Gasteiger partial charge in [-0.2, -0.15) is 0 Å². The number of aryl methyl sites for hydroxylation is 2. The van der Waals surface area contributed by atoms with E-state index >= 15 is 0 Å². The quantitative estimate of drug-likeness (QED) is 0.482. The number of hydrogen-bond acceptors (Lipinski definition) is 5. The third-order valence-corrected chi connectivity index (χ3v) is 5.34. The van der Waals surface area contributed by atoms with Crippen molar-refractivity contribution < 1.29 is 4.42 Å². The van der Waals surface area contributed by atoms with Gasteiger partial charge in [0, 0.05) is 38.5 Å². The highest BCUT2D eigenvalue weighted by molar-refractivity contribution is 5.79. The molecular weight excluding hydrogens is 378 g/mol. The van der Waals surface area contributed by atoms with Gasteiger partial charge in [0.2, 0.25) is 5.89 Å². The number of aromatic nitrogens is 4. The zero-order chi connectivity index (χ0) is 20.8. The molecule has 2 aromatic heterocycles. The highest BCUT2D eigenvalue weighted by Crippen LogP contribution is 2.19. The average Bonchev–Trinajstić information content (AvgIpc) is 3.31. The van der Waals surface area contributed by atoms with E-state index in [1.54, 1.807) is 13.3 Å². The SMILES string of the molecule is CN=C(NCCc1nnc2n1CCCCC2)NCc1coc(-c2ccc(C)cc2)n1. The number of oxazole rings is 1. The molecule has 0 unspecified atom stereocenters. The second kappa shape index (κ2) is 9.56. The third kappa shape index (κ3) is 4.87. The molecule has 0 fully saturated rings. The molecule has 0 spiro atoms. The number of fused-ring (bicyclic) bond motifs is 1. The Labute approximate surface area is 176 Å². The van der Waals surface area contributed by atoms with E-state index in [0.717, 1.165) is 54.8 Å². The summed E-state index contributed by atoms with van der Waals surface area (Å²) in [6.45, 7) is 4.37. The van der Waals surface area contributed by atoms with Crippen molar-refractivity contribution in [1.29, 1.82) is 0 Å². The van der Waals surface area contributed by atoms with Crippen molar-refractivity contribution in [3.05, 3.63) is 53.4 Å². The number of nitrogens with one attached hydrogen (secondary N) is 2. The summed E-state index contributed by atoms with van der Waals surface area (Å²) in [5.74, 6) is 3.53. The molecule has 0 bridgehead atoms.